The van der Waals surface area contributed by atoms with E-state index in [1.54, 1.807) is 60.7 Å². The molecule has 2 aromatic rings. The highest BCUT2D eigenvalue weighted by atomic mass is 16.4. The topological polar surface area (TPSA) is 217 Å². The maximum atomic E-state index is 13.9. The Kier molecular flexibility index (Phi) is 14.3. The molecule has 0 aliphatic carbocycles. The van der Waals surface area contributed by atoms with Gasteiger partial charge < -0.3 is 37.0 Å². The summed E-state index contributed by atoms with van der Waals surface area (Å²) < 4.78 is 0. The monoisotopic (exact) mass is 678 g/mol. The van der Waals surface area contributed by atoms with Crippen molar-refractivity contribution >= 4 is 41.4 Å². The van der Waals surface area contributed by atoms with Crippen molar-refractivity contribution < 1.29 is 38.7 Å². The van der Waals surface area contributed by atoms with Gasteiger partial charge in [0.15, 0.2) is 0 Å². The van der Waals surface area contributed by atoms with Gasteiger partial charge in [-0.3, -0.25) is 33.6 Å². The molecule has 264 valence electrons. The first kappa shape index (κ1) is 38.2. The average Bonchev–Trinajstić information content (AvgIpc) is 3.54. The minimum Gasteiger partial charge on any atom is -0.481 e. The number of carbonyl (C=O) groups excluding carboxylic acids is 6. The van der Waals surface area contributed by atoms with E-state index < -0.39 is 66.2 Å². The SMILES string of the molecule is CC(=O)NC(CC(C)C)C(=O)N1CCC[C@H]1C(=O)N[C@@H](Cc1ccccc1)C(=O)N[C@@H](Cc1ccccc1)C(=O)N[C@@H](CC(=O)O)C(N)=O. The molecule has 1 unspecified atom stereocenters. The maximum Gasteiger partial charge on any atom is 0.305 e. The van der Waals surface area contributed by atoms with Crippen molar-refractivity contribution in [2.45, 2.75) is 89.5 Å². The molecular weight excluding hydrogens is 632 g/mol. The number of carbonyl (C=O) groups is 7. The van der Waals surface area contributed by atoms with Crippen LogP contribution in [-0.4, -0.2) is 88.2 Å². The van der Waals surface area contributed by atoms with E-state index in [9.17, 15) is 38.7 Å². The molecule has 3 rings (SSSR count). The Morgan fingerprint density at radius 2 is 1.29 bits per heavy atom. The van der Waals surface area contributed by atoms with Crippen molar-refractivity contribution in [3.63, 3.8) is 0 Å². The molecule has 7 N–H and O–H groups in total. The summed E-state index contributed by atoms with van der Waals surface area (Å²) >= 11 is 0. The lowest BCUT2D eigenvalue weighted by Crippen LogP contribution is -2.59. The Morgan fingerprint density at radius 1 is 0.776 bits per heavy atom. The lowest BCUT2D eigenvalue weighted by molar-refractivity contribution is -0.142. The van der Waals surface area contributed by atoms with Crippen molar-refractivity contribution in [3.8, 4) is 0 Å². The van der Waals surface area contributed by atoms with Crippen LogP contribution in [0.1, 0.15) is 57.6 Å². The van der Waals surface area contributed by atoms with Crippen LogP contribution < -0.4 is 27.0 Å². The molecule has 0 spiro atoms. The highest BCUT2D eigenvalue weighted by molar-refractivity contribution is 5.97. The zero-order chi connectivity index (χ0) is 36.1. The standard InChI is InChI=1S/C35H46N6O8/c1-21(2)17-28(37-22(3)42)35(49)41-16-10-15-29(41)34(48)40-27(19-24-13-8-5-9-14-24)33(47)39-26(18-23-11-6-4-7-12-23)32(46)38-25(31(36)45)20-30(43)44/h4-9,11-14,21,25-29H,10,15-20H2,1-3H3,(H2,36,45)(H,37,42)(H,38,46)(H,39,47)(H,40,48)(H,43,44)/t25-,26-,27-,28?,29-/m0/s1. The summed E-state index contributed by atoms with van der Waals surface area (Å²) in [6.45, 7) is 5.48. The lowest BCUT2D eigenvalue weighted by atomic mass is 10.0. The molecule has 5 atom stereocenters. The van der Waals surface area contributed by atoms with Gasteiger partial charge in [-0.2, -0.15) is 0 Å². The molecular formula is C35H46N6O8. The van der Waals surface area contributed by atoms with E-state index in [0.717, 1.165) is 0 Å². The van der Waals surface area contributed by atoms with Gasteiger partial charge in [0.1, 0.15) is 30.2 Å². The molecule has 1 heterocycles. The molecule has 1 saturated heterocycles. The Balaban J connectivity index is 1.87. The molecule has 1 aliphatic heterocycles. The molecule has 49 heavy (non-hydrogen) atoms. The summed E-state index contributed by atoms with van der Waals surface area (Å²) in [5.41, 5.74) is 6.71. The fraction of sp³-hybridized carbons (Fsp3) is 0.457. The number of amides is 6. The fourth-order valence-corrected chi connectivity index (χ4v) is 5.77. The number of benzene rings is 2. The molecule has 1 fully saturated rings. The first-order valence-electron chi connectivity index (χ1n) is 16.3. The highest BCUT2D eigenvalue weighted by Crippen LogP contribution is 2.21. The highest BCUT2D eigenvalue weighted by Gasteiger charge is 2.39. The van der Waals surface area contributed by atoms with Crippen molar-refractivity contribution in [2.75, 3.05) is 6.54 Å². The third-order valence-electron chi connectivity index (χ3n) is 8.09. The summed E-state index contributed by atoms with van der Waals surface area (Å²) in [6, 6.07) is 11.9. The maximum absolute atomic E-state index is 13.9. The molecule has 14 heteroatoms. The van der Waals surface area contributed by atoms with Crippen molar-refractivity contribution in [1.82, 2.24) is 26.2 Å². The van der Waals surface area contributed by atoms with E-state index in [-0.39, 0.29) is 30.6 Å². The number of aliphatic carboxylic acids is 1. The van der Waals surface area contributed by atoms with Crippen LogP contribution in [0.3, 0.4) is 0 Å². The van der Waals surface area contributed by atoms with Crippen LogP contribution in [0.25, 0.3) is 0 Å². The number of likely N-dealkylation sites (tertiary alicyclic amines) is 1. The van der Waals surface area contributed by atoms with Gasteiger partial charge in [-0.15, -0.1) is 0 Å². The summed E-state index contributed by atoms with van der Waals surface area (Å²) in [5, 5.41) is 19.7. The number of nitrogens with two attached hydrogens (primary N) is 1. The van der Waals surface area contributed by atoms with Crippen molar-refractivity contribution in [2.24, 2.45) is 11.7 Å². The first-order chi connectivity index (χ1) is 23.2. The Hall–Kier alpha value is -5.27. The number of rotatable bonds is 17. The van der Waals surface area contributed by atoms with Gasteiger partial charge in [0.05, 0.1) is 6.42 Å². The van der Waals surface area contributed by atoms with E-state index in [1.807, 2.05) is 13.8 Å². The summed E-state index contributed by atoms with van der Waals surface area (Å²) in [6.07, 6.45) is 0.553. The second-order valence-corrected chi connectivity index (χ2v) is 12.6. The normalized spacial score (nSPS) is 16.5. The minimum atomic E-state index is -1.53. The van der Waals surface area contributed by atoms with Crippen LogP contribution in [0.2, 0.25) is 0 Å². The zero-order valence-electron chi connectivity index (χ0n) is 28.0. The third kappa shape index (κ3) is 12.0. The number of nitrogens with zero attached hydrogens (tertiary/aromatic N) is 1. The number of hydrogen-bond donors (Lipinski definition) is 6. The summed E-state index contributed by atoms with van der Waals surface area (Å²) in [4.78, 5) is 91.3. The van der Waals surface area contributed by atoms with Gasteiger partial charge in [-0.1, -0.05) is 74.5 Å². The van der Waals surface area contributed by atoms with Gasteiger partial charge in [-0.25, -0.2) is 0 Å². The molecule has 0 radical (unpaired) electrons. The van der Waals surface area contributed by atoms with Crippen LogP contribution >= 0.6 is 0 Å². The second-order valence-electron chi connectivity index (χ2n) is 12.6. The predicted octanol–water partition coefficient (Wildman–Crippen LogP) is 0.428. The van der Waals surface area contributed by atoms with Gasteiger partial charge in [-0.05, 0) is 36.3 Å². The largest absolute Gasteiger partial charge is 0.481 e. The Bertz CT molecular complexity index is 1490. The minimum absolute atomic E-state index is 0.0196. The second kappa shape index (κ2) is 18.3. The van der Waals surface area contributed by atoms with Crippen LogP contribution in [0.4, 0.5) is 0 Å². The number of hydrogen-bond acceptors (Lipinski definition) is 7. The molecule has 0 bridgehead atoms. The third-order valence-corrected chi connectivity index (χ3v) is 8.09. The number of carboxylic acids is 1. The van der Waals surface area contributed by atoms with Crippen molar-refractivity contribution in [3.05, 3.63) is 71.8 Å². The quantitative estimate of drug-likeness (QED) is 0.138. The van der Waals surface area contributed by atoms with Gasteiger partial charge in [0.25, 0.3) is 0 Å². The van der Waals surface area contributed by atoms with Crippen LogP contribution in [0, 0.1) is 5.92 Å². The fourth-order valence-electron chi connectivity index (χ4n) is 5.77. The van der Waals surface area contributed by atoms with Gasteiger partial charge in [0.2, 0.25) is 35.4 Å². The Morgan fingerprint density at radius 3 is 1.76 bits per heavy atom. The molecule has 2 aromatic carbocycles. The molecule has 0 aromatic heterocycles. The molecule has 14 nitrogen and oxygen atoms in total. The van der Waals surface area contributed by atoms with Gasteiger partial charge >= 0.3 is 5.97 Å². The summed E-state index contributed by atoms with van der Waals surface area (Å²) in [5.74, 6) is -5.17. The molecule has 0 saturated carbocycles. The van der Waals surface area contributed by atoms with Crippen LogP contribution in [-0.2, 0) is 46.4 Å². The number of carboxylic acid groups (broad SMARTS) is 1. The smallest absolute Gasteiger partial charge is 0.305 e. The van der Waals surface area contributed by atoms with E-state index in [4.69, 9.17) is 5.73 Å². The summed E-state index contributed by atoms with van der Waals surface area (Å²) in [7, 11) is 0. The van der Waals surface area contributed by atoms with E-state index in [2.05, 4.69) is 21.3 Å². The number of primary amides is 1. The van der Waals surface area contributed by atoms with E-state index >= 15 is 0 Å². The lowest BCUT2D eigenvalue weighted by Gasteiger charge is -2.30. The Labute approximate surface area is 285 Å². The molecule has 1 aliphatic rings. The zero-order valence-corrected chi connectivity index (χ0v) is 28.0. The predicted molar refractivity (Wildman–Crippen MR) is 179 cm³/mol. The number of nitrogens with one attached hydrogen (secondary N) is 4. The van der Waals surface area contributed by atoms with E-state index in [0.29, 0.717) is 36.9 Å². The van der Waals surface area contributed by atoms with Crippen LogP contribution in [0.15, 0.2) is 60.7 Å². The first-order valence-corrected chi connectivity index (χ1v) is 16.3. The average molecular weight is 679 g/mol. The van der Waals surface area contributed by atoms with Crippen molar-refractivity contribution in [1.29, 1.82) is 0 Å². The van der Waals surface area contributed by atoms with Crippen LogP contribution in [0.5, 0.6) is 0 Å². The molecule has 6 amide bonds. The van der Waals surface area contributed by atoms with E-state index in [1.165, 1.54) is 11.8 Å². The van der Waals surface area contributed by atoms with Gasteiger partial charge in [0, 0.05) is 26.3 Å².